The van der Waals surface area contributed by atoms with Gasteiger partial charge in [-0.3, -0.25) is 14.2 Å². The predicted molar refractivity (Wildman–Crippen MR) is 129 cm³/mol. The molecule has 3 heterocycles. The van der Waals surface area contributed by atoms with Crippen LogP contribution in [0.1, 0.15) is 31.0 Å². The molecule has 1 aliphatic heterocycles. The van der Waals surface area contributed by atoms with Gasteiger partial charge < -0.3 is 19.6 Å². The zero-order valence-electron chi connectivity index (χ0n) is 20.0. The summed E-state index contributed by atoms with van der Waals surface area (Å²) in [5.41, 5.74) is -0.923. The van der Waals surface area contributed by atoms with Crippen LogP contribution in [0.4, 0.5) is 0 Å². The molecule has 0 spiro atoms. The third-order valence-electron chi connectivity index (χ3n) is 6.06. The maximum Gasteiger partial charge on any atom is 0.352 e. The molecule has 12 nitrogen and oxygen atoms in total. The van der Waals surface area contributed by atoms with Gasteiger partial charge in [-0.15, -0.1) is 0 Å². The molecular formula is C23H30N8O4. The second-order valence-corrected chi connectivity index (χ2v) is 8.24. The first-order chi connectivity index (χ1) is 17.0. The molecule has 2 aromatic heterocycles. The van der Waals surface area contributed by atoms with Gasteiger partial charge in [0, 0.05) is 39.3 Å². The van der Waals surface area contributed by atoms with E-state index in [4.69, 9.17) is 4.52 Å². The Hall–Kier alpha value is -3.64. The summed E-state index contributed by atoms with van der Waals surface area (Å²) >= 11 is 0. The molecule has 1 amide bonds. The SMILES string of the molecule is CCN1CCN(CCCNC(=O)c2nc(-c3nn(-c4ccccc4)c(=O)n(CC)c3=O)no2)CC1. The Morgan fingerprint density at radius 2 is 1.74 bits per heavy atom. The molecule has 4 rings (SSSR count). The van der Waals surface area contributed by atoms with Gasteiger partial charge in [0.05, 0.1) is 5.69 Å². The maximum atomic E-state index is 12.8. The summed E-state index contributed by atoms with van der Waals surface area (Å²) in [6.45, 7) is 10.6. The van der Waals surface area contributed by atoms with Crippen LogP contribution >= 0.6 is 0 Å². The second kappa shape index (κ2) is 11.2. The smallest absolute Gasteiger partial charge is 0.348 e. The molecular weight excluding hydrogens is 452 g/mol. The summed E-state index contributed by atoms with van der Waals surface area (Å²) < 4.78 is 7.23. The number of likely N-dealkylation sites (N-methyl/N-ethyl adjacent to an activating group) is 1. The number of carbonyl (C=O) groups excluding carboxylic acids is 1. The van der Waals surface area contributed by atoms with E-state index in [0.29, 0.717) is 12.2 Å². The van der Waals surface area contributed by atoms with Crippen LogP contribution in [0, 0.1) is 0 Å². The van der Waals surface area contributed by atoms with E-state index in [2.05, 4.69) is 37.3 Å². The van der Waals surface area contributed by atoms with E-state index in [-0.39, 0.29) is 24.0 Å². The number of hydrogen-bond donors (Lipinski definition) is 1. The van der Waals surface area contributed by atoms with Crippen LogP contribution in [-0.2, 0) is 6.54 Å². The molecule has 35 heavy (non-hydrogen) atoms. The highest BCUT2D eigenvalue weighted by atomic mass is 16.5. The Balaban J connectivity index is 1.43. The highest BCUT2D eigenvalue weighted by molar-refractivity contribution is 5.89. The molecule has 1 aromatic carbocycles. The van der Waals surface area contributed by atoms with Crippen molar-refractivity contribution in [3.8, 4) is 17.2 Å². The lowest BCUT2D eigenvalue weighted by molar-refractivity contribution is 0.0904. The number of aromatic nitrogens is 5. The van der Waals surface area contributed by atoms with Crippen molar-refractivity contribution in [1.82, 2.24) is 39.6 Å². The van der Waals surface area contributed by atoms with Gasteiger partial charge in [-0.05, 0) is 38.6 Å². The van der Waals surface area contributed by atoms with E-state index in [1.54, 1.807) is 31.2 Å². The van der Waals surface area contributed by atoms with E-state index in [1.165, 1.54) is 0 Å². The molecule has 1 saturated heterocycles. The van der Waals surface area contributed by atoms with Crippen molar-refractivity contribution in [1.29, 1.82) is 0 Å². The number of rotatable bonds is 9. The van der Waals surface area contributed by atoms with Crippen LogP contribution in [0.25, 0.3) is 17.2 Å². The summed E-state index contributed by atoms with van der Waals surface area (Å²) in [4.78, 5) is 46.9. The molecule has 1 aliphatic rings. The normalized spacial score (nSPS) is 14.8. The molecule has 0 saturated carbocycles. The average Bonchev–Trinajstić information content (AvgIpc) is 3.38. The Morgan fingerprint density at radius 1 is 1.03 bits per heavy atom. The van der Waals surface area contributed by atoms with Crippen LogP contribution in [0.3, 0.4) is 0 Å². The first-order valence-corrected chi connectivity index (χ1v) is 11.9. The number of amides is 1. The van der Waals surface area contributed by atoms with Crippen LogP contribution in [0.15, 0.2) is 44.4 Å². The summed E-state index contributed by atoms with van der Waals surface area (Å²) in [6, 6.07) is 8.71. The Kier molecular flexibility index (Phi) is 7.83. The Morgan fingerprint density at radius 3 is 2.43 bits per heavy atom. The molecule has 3 aromatic rings. The van der Waals surface area contributed by atoms with Crippen molar-refractivity contribution >= 4 is 5.91 Å². The number of hydrogen-bond acceptors (Lipinski definition) is 9. The minimum Gasteiger partial charge on any atom is -0.348 e. The molecule has 1 fully saturated rings. The van der Waals surface area contributed by atoms with Gasteiger partial charge in [-0.2, -0.15) is 14.8 Å². The first-order valence-electron chi connectivity index (χ1n) is 11.9. The van der Waals surface area contributed by atoms with Gasteiger partial charge >= 0.3 is 17.5 Å². The zero-order valence-corrected chi connectivity index (χ0v) is 20.0. The predicted octanol–water partition coefficient (Wildman–Crippen LogP) is 0.222. The van der Waals surface area contributed by atoms with Crippen LogP contribution in [0.2, 0.25) is 0 Å². The summed E-state index contributed by atoms with van der Waals surface area (Å²) in [5.74, 6) is -0.939. The molecule has 12 heteroatoms. The van der Waals surface area contributed by atoms with Crippen LogP contribution in [0.5, 0.6) is 0 Å². The van der Waals surface area contributed by atoms with Crippen molar-refractivity contribution in [3.63, 3.8) is 0 Å². The van der Waals surface area contributed by atoms with E-state index >= 15 is 0 Å². The third-order valence-corrected chi connectivity index (χ3v) is 6.06. The lowest BCUT2D eigenvalue weighted by Crippen LogP contribution is -2.46. The zero-order chi connectivity index (χ0) is 24.8. The van der Waals surface area contributed by atoms with Gasteiger partial charge in [-0.1, -0.05) is 30.3 Å². The van der Waals surface area contributed by atoms with Gasteiger partial charge in [0.25, 0.3) is 5.56 Å². The number of benzene rings is 1. The fourth-order valence-electron chi connectivity index (χ4n) is 3.99. The Labute approximate surface area is 202 Å². The van der Waals surface area contributed by atoms with Gasteiger partial charge in [0.2, 0.25) is 5.82 Å². The van der Waals surface area contributed by atoms with Crippen molar-refractivity contribution < 1.29 is 9.32 Å². The quantitative estimate of drug-likeness (QED) is 0.426. The Bertz CT molecular complexity index is 1260. The highest BCUT2D eigenvalue weighted by Gasteiger charge is 2.22. The molecule has 0 aliphatic carbocycles. The topological polar surface area (TPSA) is 131 Å². The molecule has 0 bridgehead atoms. The number of carbonyl (C=O) groups is 1. The van der Waals surface area contributed by atoms with Crippen LogP contribution < -0.4 is 16.6 Å². The number of nitrogens with one attached hydrogen (secondary N) is 1. The van der Waals surface area contributed by atoms with Crippen molar-refractivity contribution in [2.24, 2.45) is 0 Å². The highest BCUT2D eigenvalue weighted by Crippen LogP contribution is 2.10. The standard InChI is InChI=1S/C23H30N8O4/c1-3-28-13-15-29(16-14-28)12-8-11-24-20(32)21-25-19(27-35-21)18-22(33)30(4-2)23(34)31(26-18)17-9-6-5-7-10-17/h5-7,9-10H,3-4,8,11-16H2,1-2H3,(H,24,32). The van der Waals surface area contributed by atoms with E-state index in [1.807, 2.05) is 6.07 Å². The van der Waals surface area contributed by atoms with E-state index < -0.39 is 17.2 Å². The monoisotopic (exact) mass is 482 g/mol. The molecule has 1 N–H and O–H groups in total. The van der Waals surface area contributed by atoms with Crippen molar-refractivity contribution in [2.45, 2.75) is 26.8 Å². The minimum absolute atomic E-state index is 0.138. The van der Waals surface area contributed by atoms with Crippen molar-refractivity contribution in [2.75, 3.05) is 45.8 Å². The van der Waals surface area contributed by atoms with E-state index in [0.717, 1.165) is 54.9 Å². The fraction of sp³-hybridized carbons (Fsp3) is 0.478. The molecule has 0 atom stereocenters. The second-order valence-electron chi connectivity index (χ2n) is 8.24. The number of piperazine rings is 1. The van der Waals surface area contributed by atoms with Gasteiger partial charge in [0.15, 0.2) is 5.69 Å². The lowest BCUT2D eigenvalue weighted by Gasteiger charge is -2.33. The van der Waals surface area contributed by atoms with Crippen LogP contribution in [-0.4, -0.2) is 86.0 Å². The lowest BCUT2D eigenvalue weighted by atomic mass is 10.3. The van der Waals surface area contributed by atoms with Gasteiger partial charge in [0.1, 0.15) is 0 Å². The van der Waals surface area contributed by atoms with Crippen molar-refractivity contribution in [3.05, 3.63) is 57.1 Å². The summed E-state index contributed by atoms with van der Waals surface area (Å²) in [7, 11) is 0. The summed E-state index contributed by atoms with van der Waals surface area (Å²) in [6.07, 6.45) is 0.795. The largest absolute Gasteiger partial charge is 0.352 e. The minimum atomic E-state index is -0.652. The van der Waals surface area contributed by atoms with E-state index in [9.17, 15) is 14.4 Å². The molecule has 0 unspecified atom stereocenters. The number of para-hydroxylation sites is 1. The molecule has 0 radical (unpaired) electrons. The van der Waals surface area contributed by atoms with Gasteiger partial charge in [-0.25, -0.2) is 4.79 Å². The first kappa shape index (κ1) is 24.5. The maximum absolute atomic E-state index is 12.8. The number of nitrogens with zero attached hydrogens (tertiary/aromatic N) is 7. The summed E-state index contributed by atoms with van der Waals surface area (Å²) in [5, 5.41) is 10.7. The molecule has 186 valence electrons. The average molecular weight is 483 g/mol. The third kappa shape index (κ3) is 5.54. The fourth-order valence-corrected chi connectivity index (χ4v) is 3.99.